The van der Waals surface area contributed by atoms with Gasteiger partial charge >= 0.3 is 0 Å². The lowest BCUT2D eigenvalue weighted by Gasteiger charge is -2.07. The maximum atomic E-state index is 12.4. The van der Waals surface area contributed by atoms with Crippen LogP contribution in [-0.2, 0) is 14.8 Å². The van der Waals surface area contributed by atoms with Gasteiger partial charge in [-0.25, -0.2) is 8.42 Å². The molecular formula is C16H17NO5S2. The monoisotopic (exact) mass is 367 g/mol. The summed E-state index contributed by atoms with van der Waals surface area (Å²) < 4.78 is 32.4. The van der Waals surface area contributed by atoms with Gasteiger partial charge in [0.05, 0.1) is 5.75 Å². The molecule has 0 saturated heterocycles. The van der Waals surface area contributed by atoms with Crippen LogP contribution in [0, 0.1) is 13.8 Å². The van der Waals surface area contributed by atoms with Crippen LogP contribution in [0.2, 0.25) is 0 Å². The number of ketones is 1. The smallest absolute Gasteiger partial charge is 0.265 e. The van der Waals surface area contributed by atoms with Gasteiger partial charge in [-0.2, -0.15) is 0 Å². The average Bonchev–Trinajstić information content (AvgIpc) is 2.85. The lowest BCUT2D eigenvalue weighted by molar-refractivity contribution is -0.109. The summed E-state index contributed by atoms with van der Waals surface area (Å²) in [7, 11) is -3.76. The molecule has 6 nitrogen and oxygen atoms in total. The van der Waals surface area contributed by atoms with Crippen molar-refractivity contribution in [2.75, 3.05) is 10.5 Å². The molecule has 0 bridgehead atoms. The second kappa shape index (κ2) is 7.23. The Morgan fingerprint density at radius 3 is 2.29 bits per heavy atom. The fourth-order valence-corrected chi connectivity index (χ4v) is 3.86. The molecule has 128 valence electrons. The normalized spacial score (nSPS) is 11.3. The van der Waals surface area contributed by atoms with Crippen molar-refractivity contribution in [3.63, 3.8) is 0 Å². The number of Topliss-reactive ketones (excluding diaryl/α,β-unsaturated/α-hetero) is 1. The summed E-state index contributed by atoms with van der Waals surface area (Å²) in [6.45, 7) is 4.65. The summed E-state index contributed by atoms with van der Waals surface area (Å²) in [6, 6.07) is 7.51. The Bertz CT molecular complexity index is 866. The van der Waals surface area contributed by atoms with E-state index in [2.05, 4.69) is 4.72 Å². The van der Waals surface area contributed by atoms with E-state index in [4.69, 9.17) is 4.42 Å². The van der Waals surface area contributed by atoms with Crippen molar-refractivity contribution in [2.24, 2.45) is 0 Å². The van der Waals surface area contributed by atoms with Crippen molar-refractivity contribution in [2.45, 2.75) is 25.7 Å². The Morgan fingerprint density at radius 1 is 1.17 bits per heavy atom. The van der Waals surface area contributed by atoms with Crippen molar-refractivity contribution in [1.29, 1.82) is 0 Å². The second-order valence-corrected chi connectivity index (χ2v) is 7.97. The molecule has 2 aromatic rings. The van der Waals surface area contributed by atoms with E-state index in [-0.39, 0.29) is 21.5 Å². The molecule has 0 aliphatic rings. The fraction of sp³-hybridized carbons (Fsp3) is 0.250. The maximum Gasteiger partial charge on any atom is 0.265 e. The highest BCUT2D eigenvalue weighted by atomic mass is 32.2. The maximum absolute atomic E-state index is 12.4. The topological polar surface area (TPSA) is 93.5 Å². The van der Waals surface area contributed by atoms with Crippen LogP contribution in [0.1, 0.15) is 28.8 Å². The molecular weight excluding hydrogens is 350 g/mol. The highest BCUT2D eigenvalue weighted by Crippen LogP contribution is 2.22. The first-order chi connectivity index (χ1) is 11.2. The van der Waals surface area contributed by atoms with E-state index in [0.717, 1.165) is 11.8 Å². The van der Waals surface area contributed by atoms with E-state index in [0.29, 0.717) is 22.8 Å². The van der Waals surface area contributed by atoms with Crippen molar-refractivity contribution < 1.29 is 22.4 Å². The number of thioether (sulfide) groups is 1. The number of hydrogen-bond acceptors (Lipinski definition) is 6. The number of carbonyl (C=O) groups excluding carboxylic acids is 2. The minimum Gasteiger partial charge on any atom is -0.465 e. The number of aryl methyl sites for hydroxylation is 2. The molecule has 1 aromatic heterocycles. The predicted octanol–water partition coefficient (Wildman–Crippen LogP) is 3.16. The molecule has 0 saturated carbocycles. The van der Waals surface area contributed by atoms with Gasteiger partial charge in [-0.1, -0.05) is 11.8 Å². The molecule has 24 heavy (non-hydrogen) atoms. The largest absolute Gasteiger partial charge is 0.465 e. The summed E-state index contributed by atoms with van der Waals surface area (Å²) in [5.74, 6) is 0.698. The first-order valence-electron chi connectivity index (χ1n) is 7.05. The van der Waals surface area contributed by atoms with Gasteiger partial charge in [-0.3, -0.25) is 14.3 Å². The Hall–Kier alpha value is -2.06. The van der Waals surface area contributed by atoms with Crippen LogP contribution in [0.4, 0.5) is 5.69 Å². The van der Waals surface area contributed by atoms with Gasteiger partial charge in [0.25, 0.3) is 10.0 Å². The molecule has 0 fully saturated rings. The zero-order valence-corrected chi connectivity index (χ0v) is 15.1. The SMILES string of the molecule is CC(=O)SCC(=O)c1ccc(NS(=O)(=O)c2cc(C)oc2C)cc1. The minimum atomic E-state index is -3.76. The molecule has 1 aromatic carbocycles. The summed E-state index contributed by atoms with van der Waals surface area (Å²) in [4.78, 5) is 22.9. The zero-order valence-electron chi connectivity index (χ0n) is 13.5. The van der Waals surface area contributed by atoms with Gasteiger partial charge in [-0.05, 0) is 38.1 Å². The first-order valence-corrected chi connectivity index (χ1v) is 9.52. The van der Waals surface area contributed by atoms with Crippen molar-refractivity contribution in [3.8, 4) is 0 Å². The lowest BCUT2D eigenvalue weighted by Crippen LogP contribution is -2.13. The highest BCUT2D eigenvalue weighted by molar-refractivity contribution is 8.14. The first kappa shape index (κ1) is 18.3. The van der Waals surface area contributed by atoms with Crippen LogP contribution in [0.5, 0.6) is 0 Å². The standard InChI is InChI=1S/C16H17NO5S2/c1-10-8-16(11(2)22-10)24(20,21)17-14-6-4-13(5-7-14)15(19)9-23-12(3)18/h4-8,17H,9H2,1-3H3. The summed E-state index contributed by atoms with van der Waals surface area (Å²) >= 11 is 0.939. The molecule has 0 amide bonds. The molecule has 1 heterocycles. The second-order valence-electron chi connectivity index (χ2n) is 5.16. The van der Waals surface area contributed by atoms with Gasteiger partial charge in [-0.15, -0.1) is 0 Å². The van der Waals surface area contributed by atoms with Crippen LogP contribution < -0.4 is 4.72 Å². The summed E-state index contributed by atoms with van der Waals surface area (Å²) in [6.07, 6.45) is 0. The van der Waals surface area contributed by atoms with E-state index in [1.807, 2.05) is 0 Å². The minimum absolute atomic E-state index is 0.0634. The van der Waals surface area contributed by atoms with Gasteiger partial charge in [0.1, 0.15) is 16.4 Å². The number of carbonyl (C=O) groups is 2. The molecule has 0 spiro atoms. The van der Waals surface area contributed by atoms with E-state index in [1.54, 1.807) is 13.8 Å². The van der Waals surface area contributed by atoms with Crippen LogP contribution >= 0.6 is 11.8 Å². The van der Waals surface area contributed by atoms with E-state index >= 15 is 0 Å². The summed E-state index contributed by atoms with van der Waals surface area (Å²) in [5, 5.41) is -0.126. The highest BCUT2D eigenvalue weighted by Gasteiger charge is 2.20. The van der Waals surface area contributed by atoms with E-state index in [9.17, 15) is 18.0 Å². The Balaban J connectivity index is 2.12. The van der Waals surface area contributed by atoms with Gasteiger partial charge in [0.15, 0.2) is 10.9 Å². The molecule has 0 aliphatic heterocycles. The quantitative estimate of drug-likeness (QED) is 0.788. The summed E-state index contributed by atoms with van der Waals surface area (Å²) in [5.41, 5.74) is 0.756. The number of hydrogen-bond donors (Lipinski definition) is 1. The number of benzene rings is 1. The molecule has 0 aliphatic carbocycles. The number of furan rings is 1. The van der Waals surface area contributed by atoms with Crippen LogP contribution in [0.3, 0.4) is 0 Å². The number of rotatable bonds is 6. The Morgan fingerprint density at radius 2 is 1.79 bits per heavy atom. The third-order valence-corrected chi connectivity index (χ3v) is 5.45. The number of nitrogens with one attached hydrogen (secondary N) is 1. The number of anilines is 1. The molecule has 0 radical (unpaired) electrons. The molecule has 8 heteroatoms. The van der Waals surface area contributed by atoms with Gasteiger partial charge in [0.2, 0.25) is 0 Å². The van der Waals surface area contributed by atoms with E-state index < -0.39 is 10.0 Å². The third-order valence-electron chi connectivity index (χ3n) is 3.15. The van der Waals surface area contributed by atoms with Crippen molar-refractivity contribution >= 4 is 38.4 Å². The molecule has 0 unspecified atom stereocenters. The van der Waals surface area contributed by atoms with Crippen LogP contribution in [0.15, 0.2) is 39.6 Å². The molecule has 1 N–H and O–H groups in total. The predicted molar refractivity (Wildman–Crippen MR) is 92.9 cm³/mol. The van der Waals surface area contributed by atoms with Crippen LogP contribution in [0.25, 0.3) is 0 Å². The molecule has 2 rings (SSSR count). The average molecular weight is 367 g/mol. The van der Waals surface area contributed by atoms with Crippen molar-refractivity contribution in [1.82, 2.24) is 0 Å². The third kappa shape index (κ3) is 4.48. The Labute approximate surface area is 144 Å². The van der Waals surface area contributed by atoms with Crippen LogP contribution in [-0.4, -0.2) is 25.1 Å². The van der Waals surface area contributed by atoms with Crippen molar-refractivity contribution in [3.05, 3.63) is 47.4 Å². The fourth-order valence-electron chi connectivity index (χ4n) is 2.06. The van der Waals surface area contributed by atoms with E-state index in [1.165, 1.54) is 37.3 Å². The number of sulfonamides is 1. The van der Waals surface area contributed by atoms with Gasteiger partial charge < -0.3 is 4.42 Å². The lowest BCUT2D eigenvalue weighted by atomic mass is 10.1. The molecule has 0 atom stereocenters. The Kier molecular flexibility index (Phi) is 5.51. The zero-order chi connectivity index (χ0) is 17.9. The van der Waals surface area contributed by atoms with Gasteiger partial charge in [0, 0.05) is 24.2 Å².